The van der Waals surface area contributed by atoms with E-state index in [1.807, 2.05) is 0 Å². The van der Waals surface area contributed by atoms with Gasteiger partial charge in [-0.25, -0.2) is 0 Å². The number of alkyl halides is 1. The van der Waals surface area contributed by atoms with E-state index in [1.54, 1.807) is 11.9 Å². The minimum atomic E-state index is -0.183. The number of amides is 1. The van der Waals surface area contributed by atoms with E-state index < -0.39 is 0 Å². The van der Waals surface area contributed by atoms with E-state index in [0.717, 1.165) is 31.0 Å². The van der Waals surface area contributed by atoms with Crippen molar-refractivity contribution in [3.05, 3.63) is 36.5 Å². The molecule has 0 aromatic heterocycles. The van der Waals surface area contributed by atoms with Gasteiger partial charge in [0.1, 0.15) is 0 Å². The minimum Gasteiger partial charge on any atom is -0.342 e. The van der Waals surface area contributed by atoms with Crippen LogP contribution in [0.2, 0.25) is 0 Å². The zero-order chi connectivity index (χ0) is 14.7. The summed E-state index contributed by atoms with van der Waals surface area (Å²) in [6.07, 6.45) is 7.79. The lowest BCUT2D eigenvalue weighted by Gasteiger charge is -2.18. The van der Waals surface area contributed by atoms with Crippen LogP contribution in [0.3, 0.4) is 0 Å². The van der Waals surface area contributed by atoms with Crippen LogP contribution in [-0.4, -0.2) is 36.0 Å². The van der Waals surface area contributed by atoms with Gasteiger partial charge in [0.15, 0.2) is 6.29 Å². The Morgan fingerprint density at radius 1 is 1.16 bits per heavy atom. The zero-order valence-electron chi connectivity index (χ0n) is 11.5. The van der Waals surface area contributed by atoms with E-state index >= 15 is 0 Å². The molecule has 0 spiro atoms. The molecule has 0 bridgehead atoms. The number of allylic oxidation sites excluding steroid dienone is 2. The second-order valence-corrected chi connectivity index (χ2v) is 5.02. The molecule has 0 fully saturated rings. The molecule has 0 atom stereocenters. The van der Waals surface area contributed by atoms with Gasteiger partial charge in [-0.15, -0.1) is 0 Å². The van der Waals surface area contributed by atoms with Gasteiger partial charge in [-0.05, 0) is 12.8 Å². The van der Waals surface area contributed by atoms with E-state index in [0.29, 0.717) is 18.4 Å². The predicted molar refractivity (Wildman–Crippen MR) is 83.4 cm³/mol. The van der Waals surface area contributed by atoms with Gasteiger partial charge in [0.2, 0.25) is 0 Å². The van der Waals surface area contributed by atoms with Crippen LogP contribution in [0, 0.1) is 0 Å². The van der Waals surface area contributed by atoms with Crippen molar-refractivity contribution in [3.63, 3.8) is 0 Å². The number of carbonyl (C=O) groups is 2. The second kappa shape index (κ2) is 10.7. The lowest BCUT2D eigenvalue weighted by Crippen LogP contribution is -2.29. The SMILES string of the molecule is C=C/C(C=O)=C(\C=C)C(=O)N(C)CCCCCCBr. The van der Waals surface area contributed by atoms with Crippen molar-refractivity contribution in [3.8, 4) is 0 Å². The Labute approximate surface area is 124 Å². The molecule has 106 valence electrons. The lowest BCUT2D eigenvalue weighted by molar-refractivity contribution is -0.125. The standard InChI is InChI=1S/C15H22BrNO2/c1-4-13(12-18)14(5-2)15(19)17(3)11-9-7-6-8-10-16/h4-5,12H,1-2,6-11H2,3H3/b14-13-. The van der Waals surface area contributed by atoms with Crippen LogP contribution >= 0.6 is 15.9 Å². The van der Waals surface area contributed by atoms with Gasteiger partial charge in [0, 0.05) is 30.1 Å². The van der Waals surface area contributed by atoms with Gasteiger partial charge < -0.3 is 4.90 Å². The van der Waals surface area contributed by atoms with Crippen molar-refractivity contribution < 1.29 is 9.59 Å². The summed E-state index contributed by atoms with van der Waals surface area (Å²) in [6.45, 7) is 7.79. The van der Waals surface area contributed by atoms with Crippen molar-refractivity contribution in [2.75, 3.05) is 18.9 Å². The molecule has 0 aliphatic heterocycles. The first-order chi connectivity index (χ1) is 9.12. The van der Waals surface area contributed by atoms with Crippen molar-refractivity contribution in [1.82, 2.24) is 4.90 Å². The Morgan fingerprint density at radius 3 is 2.26 bits per heavy atom. The summed E-state index contributed by atoms with van der Waals surface area (Å²) < 4.78 is 0. The number of likely N-dealkylation sites (N-methyl/N-ethyl adjacent to an activating group) is 1. The molecule has 0 saturated carbocycles. The fraction of sp³-hybridized carbons (Fsp3) is 0.467. The van der Waals surface area contributed by atoms with Crippen LogP contribution in [0.5, 0.6) is 0 Å². The fourth-order valence-electron chi connectivity index (χ4n) is 1.65. The molecule has 0 radical (unpaired) electrons. The summed E-state index contributed by atoms with van der Waals surface area (Å²) in [5.41, 5.74) is 0.596. The molecule has 0 heterocycles. The number of carbonyl (C=O) groups excluding carboxylic acids is 2. The Bertz CT molecular complexity index is 351. The summed E-state index contributed by atoms with van der Waals surface area (Å²) in [7, 11) is 1.74. The molecule has 0 N–H and O–H groups in total. The van der Waals surface area contributed by atoms with Crippen LogP contribution < -0.4 is 0 Å². The molecule has 0 unspecified atom stereocenters. The zero-order valence-corrected chi connectivity index (χ0v) is 13.1. The highest BCUT2D eigenvalue weighted by atomic mass is 79.9. The smallest absolute Gasteiger partial charge is 0.254 e. The molecular weight excluding hydrogens is 306 g/mol. The van der Waals surface area contributed by atoms with Gasteiger partial charge in [-0.1, -0.05) is 54.1 Å². The average Bonchev–Trinajstić information content (AvgIpc) is 2.43. The van der Waals surface area contributed by atoms with Gasteiger partial charge in [-0.3, -0.25) is 9.59 Å². The monoisotopic (exact) mass is 327 g/mol. The van der Waals surface area contributed by atoms with Crippen LogP contribution in [0.15, 0.2) is 36.5 Å². The maximum atomic E-state index is 12.1. The Balaban J connectivity index is 4.46. The lowest BCUT2D eigenvalue weighted by atomic mass is 10.1. The summed E-state index contributed by atoms with van der Waals surface area (Å²) in [6, 6.07) is 0. The number of nitrogens with zero attached hydrogens (tertiary/aromatic N) is 1. The van der Waals surface area contributed by atoms with Gasteiger partial charge in [-0.2, -0.15) is 0 Å². The third-order valence-electron chi connectivity index (χ3n) is 2.82. The number of hydrogen-bond donors (Lipinski definition) is 0. The molecule has 0 aliphatic carbocycles. The summed E-state index contributed by atoms with van der Waals surface area (Å²) in [5.74, 6) is -0.183. The highest BCUT2D eigenvalue weighted by Crippen LogP contribution is 2.10. The first kappa shape index (κ1) is 17.8. The van der Waals surface area contributed by atoms with Crippen LogP contribution in [0.25, 0.3) is 0 Å². The van der Waals surface area contributed by atoms with Crippen LogP contribution in [0.4, 0.5) is 0 Å². The van der Waals surface area contributed by atoms with E-state index in [-0.39, 0.29) is 11.5 Å². The molecule has 0 aromatic rings. The summed E-state index contributed by atoms with van der Waals surface area (Å²) in [4.78, 5) is 24.6. The topological polar surface area (TPSA) is 37.4 Å². The molecule has 3 nitrogen and oxygen atoms in total. The van der Waals surface area contributed by atoms with Crippen molar-refractivity contribution in [1.29, 1.82) is 0 Å². The van der Waals surface area contributed by atoms with E-state index in [2.05, 4.69) is 29.1 Å². The number of unbranched alkanes of at least 4 members (excludes halogenated alkanes) is 3. The number of halogens is 1. The fourth-order valence-corrected chi connectivity index (χ4v) is 2.05. The predicted octanol–water partition coefficient (Wildman–Crippen LogP) is 3.27. The van der Waals surface area contributed by atoms with Gasteiger partial charge >= 0.3 is 0 Å². The normalized spacial score (nSPS) is 11.5. The highest BCUT2D eigenvalue weighted by Gasteiger charge is 2.14. The van der Waals surface area contributed by atoms with E-state index in [1.165, 1.54) is 12.2 Å². The number of hydrogen-bond acceptors (Lipinski definition) is 2. The molecule has 0 saturated heterocycles. The molecule has 4 heteroatoms. The van der Waals surface area contributed by atoms with Crippen LogP contribution in [0.1, 0.15) is 25.7 Å². The third-order valence-corrected chi connectivity index (χ3v) is 3.38. The summed E-state index contributed by atoms with van der Waals surface area (Å²) >= 11 is 3.39. The van der Waals surface area contributed by atoms with E-state index in [4.69, 9.17) is 0 Å². The molecular formula is C15H22BrNO2. The van der Waals surface area contributed by atoms with E-state index in [9.17, 15) is 9.59 Å². The largest absolute Gasteiger partial charge is 0.342 e. The molecule has 0 rings (SSSR count). The quantitative estimate of drug-likeness (QED) is 0.203. The Kier molecular flexibility index (Phi) is 10.1. The third kappa shape index (κ3) is 6.53. The van der Waals surface area contributed by atoms with Gasteiger partial charge in [0.25, 0.3) is 5.91 Å². The van der Waals surface area contributed by atoms with Crippen molar-refractivity contribution in [2.45, 2.75) is 25.7 Å². The summed E-state index contributed by atoms with van der Waals surface area (Å²) in [5, 5.41) is 1.02. The number of aldehydes is 1. The second-order valence-electron chi connectivity index (χ2n) is 4.23. The van der Waals surface area contributed by atoms with Crippen LogP contribution in [-0.2, 0) is 9.59 Å². The Hall–Kier alpha value is -1.16. The first-order valence-electron chi connectivity index (χ1n) is 6.38. The molecule has 0 aliphatic rings. The number of rotatable bonds is 10. The Morgan fingerprint density at radius 2 is 1.79 bits per heavy atom. The molecule has 0 aromatic carbocycles. The first-order valence-corrected chi connectivity index (χ1v) is 7.50. The minimum absolute atomic E-state index is 0.183. The highest BCUT2D eigenvalue weighted by molar-refractivity contribution is 9.09. The molecule has 19 heavy (non-hydrogen) atoms. The van der Waals surface area contributed by atoms with Crippen molar-refractivity contribution >= 4 is 28.1 Å². The maximum absolute atomic E-state index is 12.1. The molecule has 1 amide bonds. The average molecular weight is 328 g/mol. The van der Waals surface area contributed by atoms with Crippen molar-refractivity contribution in [2.24, 2.45) is 0 Å². The maximum Gasteiger partial charge on any atom is 0.254 e. The van der Waals surface area contributed by atoms with Gasteiger partial charge in [0.05, 0.1) is 0 Å².